The first-order valence-electron chi connectivity index (χ1n) is 9.97. The van der Waals surface area contributed by atoms with Gasteiger partial charge in [0.05, 0.1) is 17.1 Å². The lowest BCUT2D eigenvalue weighted by Crippen LogP contribution is -2.44. The van der Waals surface area contributed by atoms with Crippen molar-refractivity contribution < 1.29 is 9.53 Å². The minimum Gasteiger partial charge on any atom is -0.370 e. The molecule has 3 heterocycles. The van der Waals surface area contributed by atoms with E-state index in [4.69, 9.17) is 4.74 Å². The van der Waals surface area contributed by atoms with Gasteiger partial charge in [-0.1, -0.05) is 19.3 Å². The molecule has 5 heteroatoms. The summed E-state index contributed by atoms with van der Waals surface area (Å²) in [5.74, 6) is 0.757. The van der Waals surface area contributed by atoms with Crippen molar-refractivity contribution in [2.24, 2.45) is 5.92 Å². The summed E-state index contributed by atoms with van der Waals surface area (Å²) in [6, 6.07) is 2.41. The largest absolute Gasteiger partial charge is 0.370 e. The van der Waals surface area contributed by atoms with E-state index in [1.165, 1.54) is 42.5 Å². The third-order valence-corrected chi connectivity index (χ3v) is 7.55. The smallest absolute Gasteiger partial charge is 0.261 e. The fourth-order valence-electron chi connectivity index (χ4n) is 4.80. The first-order chi connectivity index (χ1) is 12.2. The summed E-state index contributed by atoms with van der Waals surface area (Å²) in [5, 5.41) is 6.71. The van der Waals surface area contributed by atoms with Crippen LogP contribution in [-0.4, -0.2) is 31.6 Å². The third-order valence-electron chi connectivity index (χ3n) is 6.36. The maximum absolute atomic E-state index is 12.8. The zero-order chi connectivity index (χ0) is 17.3. The van der Waals surface area contributed by atoms with E-state index in [-0.39, 0.29) is 17.6 Å². The molecular formula is C20H30N2O2S. The Bertz CT molecular complexity index is 615. The molecule has 0 bridgehead atoms. The lowest BCUT2D eigenvalue weighted by atomic mass is 9.83. The molecule has 1 aliphatic carbocycles. The topological polar surface area (TPSA) is 50.4 Å². The number of rotatable bonds is 3. The van der Waals surface area contributed by atoms with Crippen LogP contribution in [0.4, 0.5) is 0 Å². The van der Waals surface area contributed by atoms with Gasteiger partial charge in [0.1, 0.15) is 0 Å². The van der Waals surface area contributed by atoms with Gasteiger partial charge in [-0.2, -0.15) is 0 Å². The second-order valence-electron chi connectivity index (χ2n) is 7.95. The van der Waals surface area contributed by atoms with Gasteiger partial charge in [0, 0.05) is 17.3 Å². The molecule has 2 fully saturated rings. The molecule has 138 valence electrons. The molecule has 1 saturated carbocycles. The molecule has 25 heavy (non-hydrogen) atoms. The van der Waals surface area contributed by atoms with Gasteiger partial charge in [0.2, 0.25) is 0 Å². The molecule has 1 saturated heterocycles. The number of hydrogen-bond acceptors (Lipinski definition) is 4. The number of fused-ring (bicyclic) bond motifs is 2. The van der Waals surface area contributed by atoms with Crippen LogP contribution < -0.4 is 10.6 Å². The molecule has 1 atom stereocenters. The molecule has 3 aliphatic rings. The Hall–Kier alpha value is -0.910. The van der Waals surface area contributed by atoms with Crippen LogP contribution >= 0.6 is 11.3 Å². The average Bonchev–Trinajstić information content (AvgIpc) is 3.09. The summed E-state index contributed by atoms with van der Waals surface area (Å²) in [6.45, 7) is 4.96. The van der Waals surface area contributed by atoms with E-state index in [1.807, 2.05) is 0 Å². The Morgan fingerprint density at radius 3 is 2.84 bits per heavy atom. The van der Waals surface area contributed by atoms with Gasteiger partial charge >= 0.3 is 0 Å². The number of carbonyl (C=O) groups is 1. The van der Waals surface area contributed by atoms with Gasteiger partial charge in [-0.05, 0) is 63.2 Å². The van der Waals surface area contributed by atoms with Crippen LogP contribution in [0.15, 0.2) is 6.07 Å². The molecular weight excluding hydrogens is 332 g/mol. The van der Waals surface area contributed by atoms with Crippen LogP contribution in [0.5, 0.6) is 0 Å². The van der Waals surface area contributed by atoms with Crippen molar-refractivity contribution in [3.05, 3.63) is 21.4 Å². The van der Waals surface area contributed by atoms with Gasteiger partial charge < -0.3 is 15.4 Å². The number of ether oxygens (including phenoxy) is 1. The minimum atomic E-state index is -0.150. The van der Waals surface area contributed by atoms with E-state index in [0.29, 0.717) is 5.92 Å². The van der Waals surface area contributed by atoms with E-state index in [1.54, 1.807) is 11.3 Å². The summed E-state index contributed by atoms with van der Waals surface area (Å²) in [4.78, 5) is 15.1. The van der Waals surface area contributed by atoms with E-state index < -0.39 is 0 Å². The number of nitrogens with one attached hydrogen (secondary N) is 2. The first kappa shape index (κ1) is 17.5. The van der Waals surface area contributed by atoms with Crippen molar-refractivity contribution in [1.29, 1.82) is 0 Å². The number of amides is 1. The summed E-state index contributed by atoms with van der Waals surface area (Å²) >= 11 is 1.69. The Kier molecular flexibility index (Phi) is 5.16. The Morgan fingerprint density at radius 1 is 1.32 bits per heavy atom. The molecule has 0 unspecified atom stereocenters. The van der Waals surface area contributed by atoms with Crippen molar-refractivity contribution in [3.8, 4) is 0 Å². The lowest BCUT2D eigenvalue weighted by Gasteiger charge is -2.40. The van der Waals surface area contributed by atoms with E-state index in [0.717, 1.165) is 43.8 Å². The highest BCUT2D eigenvalue weighted by molar-refractivity contribution is 7.14. The number of carbonyl (C=O) groups excluding carboxylic acids is 1. The second-order valence-corrected chi connectivity index (χ2v) is 9.09. The van der Waals surface area contributed by atoms with Crippen molar-refractivity contribution in [3.63, 3.8) is 0 Å². The fourth-order valence-corrected chi connectivity index (χ4v) is 5.94. The maximum Gasteiger partial charge on any atom is 0.261 e. The molecule has 1 aromatic heterocycles. The standard InChI is InChI=1S/C20H30N2O2S/c1-14(15-5-3-2-4-6-15)22-19(23)18-13-16-17(25-18)7-12-24-20(16)8-10-21-11-9-20/h13-15,21H,2-12H2,1H3,(H,22,23)/t14-/m1/s1. The number of hydrogen-bond donors (Lipinski definition) is 2. The van der Waals surface area contributed by atoms with Crippen molar-refractivity contribution >= 4 is 17.2 Å². The van der Waals surface area contributed by atoms with Crippen LogP contribution in [0.3, 0.4) is 0 Å². The van der Waals surface area contributed by atoms with E-state index in [2.05, 4.69) is 23.6 Å². The summed E-state index contributed by atoms with van der Waals surface area (Å²) in [5.41, 5.74) is 1.14. The average molecular weight is 363 g/mol. The highest BCUT2D eigenvalue weighted by Crippen LogP contribution is 2.43. The summed E-state index contributed by atoms with van der Waals surface area (Å²) < 4.78 is 6.24. The zero-order valence-corrected chi connectivity index (χ0v) is 16.1. The number of piperidine rings is 1. The second kappa shape index (κ2) is 7.37. The number of thiophene rings is 1. The van der Waals surface area contributed by atoms with Gasteiger partial charge in [0.25, 0.3) is 5.91 Å². The molecule has 4 rings (SSSR count). The van der Waals surface area contributed by atoms with Crippen LogP contribution in [0.2, 0.25) is 0 Å². The molecule has 4 nitrogen and oxygen atoms in total. The molecule has 0 radical (unpaired) electrons. The summed E-state index contributed by atoms with van der Waals surface area (Å²) in [6.07, 6.45) is 9.45. The van der Waals surface area contributed by atoms with E-state index >= 15 is 0 Å². The van der Waals surface area contributed by atoms with E-state index in [9.17, 15) is 4.79 Å². The predicted octanol–water partition coefficient (Wildman–Crippen LogP) is 3.60. The lowest BCUT2D eigenvalue weighted by molar-refractivity contribution is -0.0792. The minimum absolute atomic E-state index is 0.113. The summed E-state index contributed by atoms with van der Waals surface area (Å²) in [7, 11) is 0. The fraction of sp³-hybridized carbons (Fsp3) is 0.750. The van der Waals surface area contributed by atoms with Crippen molar-refractivity contribution in [1.82, 2.24) is 10.6 Å². The monoisotopic (exact) mass is 362 g/mol. The maximum atomic E-state index is 12.8. The third kappa shape index (κ3) is 3.51. The predicted molar refractivity (Wildman–Crippen MR) is 101 cm³/mol. The van der Waals surface area contributed by atoms with Crippen molar-refractivity contribution in [2.75, 3.05) is 19.7 Å². The molecule has 0 aromatic carbocycles. The van der Waals surface area contributed by atoms with Crippen LogP contribution in [0.25, 0.3) is 0 Å². The molecule has 1 aromatic rings. The van der Waals surface area contributed by atoms with Gasteiger partial charge in [-0.3, -0.25) is 4.79 Å². The highest BCUT2D eigenvalue weighted by Gasteiger charge is 2.40. The normalized spacial score (nSPS) is 24.7. The van der Waals surface area contributed by atoms with Gasteiger partial charge in [0.15, 0.2) is 0 Å². The van der Waals surface area contributed by atoms with Crippen molar-refractivity contribution in [2.45, 2.75) is 69.9 Å². The first-order valence-corrected chi connectivity index (χ1v) is 10.8. The zero-order valence-electron chi connectivity index (χ0n) is 15.2. The van der Waals surface area contributed by atoms with Gasteiger partial charge in [-0.25, -0.2) is 0 Å². The Labute approximate surface area is 154 Å². The molecule has 1 spiro atoms. The molecule has 2 aliphatic heterocycles. The molecule has 2 N–H and O–H groups in total. The van der Waals surface area contributed by atoms with Crippen LogP contribution in [0, 0.1) is 5.92 Å². The SMILES string of the molecule is C[C@@H](NC(=O)c1cc2c(s1)CCOC21CCNCC1)C1CCCCC1. The Balaban J connectivity index is 1.48. The quantitative estimate of drug-likeness (QED) is 0.864. The Morgan fingerprint density at radius 2 is 2.08 bits per heavy atom. The highest BCUT2D eigenvalue weighted by atomic mass is 32.1. The van der Waals surface area contributed by atoms with Gasteiger partial charge in [-0.15, -0.1) is 11.3 Å². The van der Waals surface area contributed by atoms with Crippen LogP contribution in [0.1, 0.15) is 72.0 Å². The van der Waals surface area contributed by atoms with Crippen LogP contribution in [-0.2, 0) is 16.8 Å². The molecule has 1 amide bonds.